The van der Waals surface area contributed by atoms with Crippen LogP contribution < -0.4 is 16.0 Å². The highest BCUT2D eigenvalue weighted by atomic mass is 15.3. The lowest BCUT2D eigenvalue weighted by atomic mass is 10.1. The van der Waals surface area contributed by atoms with E-state index in [0.29, 0.717) is 6.54 Å². The first-order valence-corrected chi connectivity index (χ1v) is 5.92. The van der Waals surface area contributed by atoms with Gasteiger partial charge in [0.15, 0.2) is 0 Å². The van der Waals surface area contributed by atoms with Gasteiger partial charge in [0.05, 0.1) is 0 Å². The molecule has 0 spiro atoms. The molecule has 5 nitrogen and oxygen atoms in total. The van der Waals surface area contributed by atoms with E-state index in [-0.39, 0.29) is 0 Å². The first-order chi connectivity index (χ1) is 7.90. The summed E-state index contributed by atoms with van der Waals surface area (Å²) < 4.78 is 0. The third-order valence-electron chi connectivity index (χ3n) is 2.73. The highest BCUT2D eigenvalue weighted by molar-refractivity contribution is 5.41. The Hall–Kier alpha value is -1.36. The molecule has 1 fully saturated rings. The molecule has 1 saturated heterocycles. The largest absolute Gasteiger partial charge is 0.369 e. The zero-order valence-corrected chi connectivity index (χ0v) is 9.52. The summed E-state index contributed by atoms with van der Waals surface area (Å²) in [5, 5.41) is 3.17. The summed E-state index contributed by atoms with van der Waals surface area (Å²) in [6, 6.07) is 1.88. The van der Waals surface area contributed by atoms with Crippen molar-refractivity contribution in [2.45, 2.75) is 19.3 Å². The molecule has 1 aromatic heterocycles. The molecular formula is C11H19N5. The van der Waals surface area contributed by atoms with E-state index in [1.54, 1.807) is 6.20 Å². The number of nitrogens with zero attached hydrogens (tertiary/aromatic N) is 3. The minimum absolute atomic E-state index is 0.614. The lowest BCUT2D eigenvalue weighted by Gasteiger charge is -2.26. The van der Waals surface area contributed by atoms with E-state index in [1.165, 1.54) is 19.3 Å². The van der Waals surface area contributed by atoms with Gasteiger partial charge in [-0.3, -0.25) is 0 Å². The van der Waals surface area contributed by atoms with Gasteiger partial charge in [-0.15, -0.1) is 0 Å². The van der Waals surface area contributed by atoms with Crippen molar-refractivity contribution in [1.29, 1.82) is 0 Å². The van der Waals surface area contributed by atoms with Crippen LogP contribution in [0.1, 0.15) is 19.3 Å². The summed E-state index contributed by atoms with van der Waals surface area (Å²) in [5.41, 5.74) is 5.44. The maximum absolute atomic E-state index is 5.44. The van der Waals surface area contributed by atoms with Crippen molar-refractivity contribution in [3.8, 4) is 0 Å². The fourth-order valence-electron chi connectivity index (χ4n) is 1.89. The molecule has 0 bridgehead atoms. The van der Waals surface area contributed by atoms with Crippen molar-refractivity contribution in [3.63, 3.8) is 0 Å². The molecule has 1 aromatic rings. The molecule has 0 atom stereocenters. The Balaban J connectivity index is 2.02. The Morgan fingerprint density at radius 2 is 2.12 bits per heavy atom. The van der Waals surface area contributed by atoms with Gasteiger partial charge >= 0.3 is 0 Å². The molecule has 0 aliphatic carbocycles. The van der Waals surface area contributed by atoms with Gasteiger partial charge in [-0.25, -0.2) is 4.98 Å². The molecule has 0 saturated carbocycles. The lowest BCUT2D eigenvalue weighted by molar-refractivity contribution is 0.568. The Kier molecular flexibility index (Phi) is 3.93. The number of nitrogens with one attached hydrogen (secondary N) is 1. The van der Waals surface area contributed by atoms with Crippen LogP contribution in [0.5, 0.6) is 0 Å². The zero-order chi connectivity index (χ0) is 11.2. The molecule has 1 aliphatic rings. The summed E-state index contributed by atoms with van der Waals surface area (Å²) in [5.74, 6) is 1.70. The number of rotatable bonds is 4. The summed E-state index contributed by atoms with van der Waals surface area (Å²) in [4.78, 5) is 11.0. The highest BCUT2D eigenvalue weighted by Crippen LogP contribution is 2.16. The minimum Gasteiger partial charge on any atom is -0.369 e. The summed E-state index contributed by atoms with van der Waals surface area (Å²) in [7, 11) is 0. The molecule has 5 heteroatoms. The average Bonchev–Trinajstić information content (AvgIpc) is 2.38. The monoisotopic (exact) mass is 221 g/mol. The zero-order valence-electron chi connectivity index (χ0n) is 9.52. The van der Waals surface area contributed by atoms with Crippen molar-refractivity contribution < 1.29 is 0 Å². The summed E-state index contributed by atoms with van der Waals surface area (Å²) >= 11 is 0. The first kappa shape index (κ1) is 11.1. The number of aromatic nitrogens is 2. The summed E-state index contributed by atoms with van der Waals surface area (Å²) in [6.45, 7) is 3.50. The lowest BCUT2D eigenvalue weighted by Crippen LogP contribution is -2.31. The predicted molar refractivity (Wildman–Crippen MR) is 65.6 cm³/mol. The van der Waals surface area contributed by atoms with Crippen LogP contribution in [0, 0.1) is 0 Å². The van der Waals surface area contributed by atoms with Gasteiger partial charge < -0.3 is 16.0 Å². The molecule has 0 radical (unpaired) electrons. The second-order valence-corrected chi connectivity index (χ2v) is 4.01. The molecule has 2 heterocycles. The quantitative estimate of drug-likeness (QED) is 0.788. The standard InChI is InChI=1S/C11H19N5/c12-5-7-13-10-4-6-14-11(15-10)16-8-2-1-3-9-16/h4,6H,1-3,5,7-9,12H2,(H,13,14,15). The van der Waals surface area contributed by atoms with E-state index in [0.717, 1.165) is 31.4 Å². The van der Waals surface area contributed by atoms with Crippen LogP contribution in [-0.2, 0) is 0 Å². The highest BCUT2D eigenvalue weighted by Gasteiger charge is 2.13. The Labute approximate surface area is 96.1 Å². The smallest absolute Gasteiger partial charge is 0.227 e. The van der Waals surface area contributed by atoms with Gasteiger partial charge in [0.1, 0.15) is 5.82 Å². The third-order valence-corrected chi connectivity index (χ3v) is 2.73. The van der Waals surface area contributed by atoms with Crippen LogP contribution in [0.15, 0.2) is 12.3 Å². The van der Waals surface area contributed by atoms with Crippen molar-refractivity contribution in [2.24, 2.45) is 5.73 Å². The number of hydrogen-bond donors (Lipinski definition) is 2. The topological polar surface area (TPSA) is 67.1 Å². The summed E-state index contributed by atoms with van der Waals surface area (Å²) in [6.07, 6.45) is 5.60. The second-order valence-electron chi connectivity index (χ2n) is 4.01. The Bertz CT molecular complexity index is 322. The first-order valence-electron chi connectivity index (χ1n) is 5.92. The third kappa shape index (κ3) is 2.82. The number of anilines is 2. The van der Waals surface area contributed by atoms with Crippen molar-refractivity contribution >= 4 is 11.8 Å². The molecule has 0 amide bonds. The second kappa shape index (κ2) is 5.65. The van der Waals surface area contributed by atoms with Crippen LogP contribution >= 0.6 is 0 Å². The minimum atomic E-state index is 0.614. The van der Waals surface area contributed by atoms with E-state index in [1.807, 2.05) is 6.07 Å². The van der Waals surface area contributed by atoms with Gasteiger partial charge in [-0.2, -0.15) is 4.98 Å². The number of hydrogen-bond acceptors (Lipinski definition) is 5. The molecule has 16 heavy (non-hydrogen) atoms. The molecule has 3 N–H and O–H groups in total. The van der Waals surface area contributed by atoms with Gasteiger partial charge in [-0.05, 0) is 25.3 Å². The molecule has 0 unspecified atom stereocenters. The Morgan fingerprint density at radius 3 is 2.88 bits per heavy atom. The molecule has 0 aromatic carbocycles. The molecular weight excluding hydrogens is 202 g/mol. The average molecular weight is 221 g/mol. The van der Waals surface area contributed by atoms with Gasteiger partial charge in [0.25, 0.3) is 0 Å². The molecule has 1 aliphatic heterocycles. The molecule has 2 rings (SSSR count). The van der Waals surface area contributed by atoms with Crippen LogP contribution in [0.2, 0.25) is 0 Å². The van der Waals surface area contributed by atoms with Gasteiger partial charge in [-0.1, -0.05) is 0 Å². The van der Waals surface area contributed by atoms with E-state index in [4.69, 9.17) is 5.73 Å². The maximum atomic E-state index is 5.44. The van der Waals surface area contributed by atoms with E-state index in [9.17, 15) is 0 Å². The number of nitrogens with two attached hydrogens (primary N) is 1. The fourth-order valence-corrected chi connectivity index (χ4v) is 1.89. The van der Waals surface area contributed by atoms with Crippen molar-refractivity contribution in [3.05, 3.63) is 12.3 Å². The normalized spacial score (nSPS) is 16.2. The van der Waals surface area contributed by atoms with Gasteiger partial charge in [0.2, 0.25) is 5.95 Å². The Morgan fingerprint density at radius 1 is 1.31 bits per heavy atom. The van der Waals surface area contributed by atoms with Crippen LogP contribution in [0.3, 0.4) is 0 Å². The van der Waals surface area contributed by atoms with Crippen LogP contribution in [0.25, 0.3) is 0 Å². The maximum Gasteiger partial charge on any atom is 0.227 e. The van der Waals surface area contributed by atoms with E-state index < -0.39 is 0 Å². The van der Waals surface area contributed by atoms with E-state index >= 15 is 0 Å². The van der Waals surface area contributed by atoms with Crippen molar-refractivity contribution in [1.82, 2.24) is 9.97 Å². The SMILES string of the molecule is NCCNc1ccnc(N2CCCCC2)n1. The van der Waals surface area contributed by atoms with E-state index in [2.05, 4.69) is 20.2 Å². The number of piperidine rings is 1. The van der Waals surface area contributed by atoms with Crippen LogP contribution in [0.4, 0.5) is 11.8 Å². The van der Waals surface area contributed by atoms with Crippen LogP contribution in [-0.4, -0.2) is 36.1 Å². The molecule has 88 valence electrons. The van der Waals surface area contributed by atoms with Gasteiger partial charge in [0, 0.05) is 32.4 Å². The predicted octanol–water partition coefficient (Wildman–Crippen LogP) is 0.837. The van der Waals surface area contributed by atoms with Crippen molar-refractivity contribution in [2.75, 3.05) is 36.4 Å². The fraction of sp³-hybridized carbons (Fsp3) is 0.636.